The highest BCUT2D eigenvalue weighted by Gasteiger charge is 2.02. The Kier molecular flexibility index (Phi) is 1.07. The van der Waals surface area contributed by atoms with Crippen LogP contribution in [0.25, 0.3) is 0 Å². The van der Waals surface area contributed by atoms with E-state index in [0.29, 0.717) is 0 Å². The molecule has 0 fully saturated rings. The molecule has 1 aliphatic rings. The van der Waals surface area contributed by atoms with E-state index in [1.807, 2.05) is 6.92 Å². The van der Waals surface area contributed by atoms with E-state index in [0.717, 1.165) is 5.84 Å². The van der Waals surface area contributed by atoms with E-state index < -0.39 is 0 Å². The number of thiol groups is 1. The number of hydrogen-bond acceptors (Lipinski definition) is 5. The summed E-state index contributed by atoms with van der Waals surface area (Å²) in [6, 6.07) is 0. The van der Waals surface area contributed by atoms with Crippen LogP contribution >= 0.6 is 12.8 Å². The molecule has 1 heterocycles. The summed E-state index contributed by atoms with van der Waals surface area (Å²) in [5, 5.41) is 3.72. The van der Waals surface area contributed by atoms with E-state index >= 15 is 0 Å². The zero-order chi connectivity index (χ0) is 5.28. The molecule has 0 saturated carbocycles. The smallest absolute Gasteiger partial charge is 0.137 e. The second-order valence-electron chi connectivity index (χ2n) is 1.22. The zero-order valence-electron chi connectivity index (χ0n) is 3.84. The maximum atomic E-state index is 3.85. The molecule has 0 aromatic rings. The molecule has 0 aromatic carbocycles. The molecule has 0 radical (unpaired) electrons. The monoisotopic (exact) mass is 118 g/mol. The van der Waals surface area contributed by atoms with E-state index in [9.17, 15) is 0 Å². The molecule has 0 saturated heterocycles. The van der Waals surface area contributed by atoms with Crippen LogP contribution in [-0.4, -0.2) is 10.4 Å². The first-order chi connectivity index (χ1) is 3.29. The molecule has 4 nitrogen and oxygen atoms in total. The molecule has 2 N–H and O–H groups in total. The van der Waals surface area contributed by atoms with Crippen molar-refractivity contribution in [1.29, 1.82) is 0 Å². The maximum Gasteiger partial charge on any atom is 0.137 e. The molecule has 1 rings (SSSR count). The van der Waals surface area contributed by atoms with Crippen LogP contribution < -0.4 is 11.0 Å². The van der Waals surface area contributed by atoms with Gasteiger partial charge in [-0.2, -0.15) is 0 Å². The van der Waals surface area contributed by atoms with Gasteiger partial charge in [-0.15, -0.1) is 5.10 Å². The van der Waals surface area contributed by atoms with Crippen molar-refractivity contribution in [1.82, 2.24) is 15.5 Å². The van der Waals surface area contributed by atoms with Crippen molar-refractivity contribution in [3.05, 3.63) is 0 Å². The molecule has 0 spiro atoms. The molecule has 1 aliphatic heterocycles. The summed E-state index contributed by atoms with van der Waals surface area (Å²) >= 11 is 3.85. The molecule has 0 amide bonds. The first kappa shape index (κ1) is 4.73. The van der Waals surface area contributed by atoms with Gasteiger partial charge in [0.2, 0.25) is 0 Å². The van der Waals surface area contributed by atoms with Crippen molar-refractivity contribution in [2.24, 2.45) is 5.10 Å². The van der Waals surface area contributed by atoms with Crippen LogP contribution in [0.3, 0.4) is 0 Å². The van der Waals surface area contributed by atoms with E-state index in [4.69, 9.17) is 0 Å². The predicted molar refractivity (Wildman–Crippen MR) is 30.2 cm³/mol. The molecule has 40 valence electrons. The number of hydrazine groups is 2. The molecule has 0 unspecified atom stereocenters. The highest BCUT2D eigenvalue weighted by atomic mass is 32.1. The molecule has 5 heteroatoms. The lowest BCUT2D eigenvalue weighted by atomic mass is 10.7. The second kappa shape index (κ2) is 1.59. The van der Waals surface area contributed by atoms with Gasteiger partial charge in [-0.1, -0.05) is 4.52 Å². The Bertz CT molecular complexity index is 99.9. The van der Waals surface area contributed by atoms with Crippen molar-refractivity contribution in [2.75, 3.05) is 0 Å². The number of hydrazone groups is 1. The van der Waals surface area contributed by atoms with Gasteiger partial charge in [0.25, 0.3) is 0 Å². The largest absolute Gasteiger partial charge is 0.276 e. The third-order valence-corrected chi connectivity index (χ3v) is 0.770. The average molecular weight is 118 g/mol. The standard InChI is InChI=1S/C2H6N4S/c1-2-3-5-6(7)4-2/h5,7H,1H3,(H,3,4). The summed E-state index contributed by atoms with van der Waals surface area (Å²) in [5.74, 6) is 0.815. The molecular formula is C2H6N4S. The fraction of sp³-hybridized carbons (Fsp3) is 0.500. The van der Waals surface area contributed by atoms with Gasteiger partial charge in [0.1, 0.15) is 5.84 Å². The van der Waals surface area contributed by atoms with Gasteiger partial charge in [0.05, 0.1) is 0 Å². The number of rotatable bonds is 0. The van der Waals surface area contributed by atoms with Crippen molar-refractivity contribution in [2.45, 2.75) is 6.92 Å². The Labute approximate surface area is 47.1 Å². The van der Waals surface area contributed by atoms with Gasteiger partial charge in [0.15, 0.2) is 0 Å². The van der Waals surface area contributed by atoms with Crippen LogP contribution in [0.4, 0.5) is 0 Å². The van der Waals surface area contributed by atoms with E-state index in [1.54, 1.807) is 0 Å². The molecule has 0 bridgehead atoms. The van der Waals surface area contributed by atoms with Crippen LogP contribution in [0, 0.1) is 0 Å². The van der Waals surface area contributed by atoms with Crippen molar-refractivity contribution in [3.63, 3.8) is 0 Å². The number of hydrogen-bond donors (Lipinski definition) is 3. The van der Waals surface area contributed by atoms with Gasteiger partial charge < -0.3 is 0 Å². The minimum absolute atomic E-state index is 0.815. The highest BCUT2D eigenvalue weighted by Crippen LogP contribution is 1.87. The molecule has 0 atom stereocenters. The lowest BCUT2D eigenvalue weighted by Gasteiger charge is -2.03. The fourth-order valence-corrected chi connectivity index (χ4v) is 0.515. The molecular weight excluding hydrogens is 112 g/mol. The summed E-state index contributed by atoms with van der Waals surface area (Å²) in [4.78, 5) is 0. The topological polar surface area (TPSA) is 39.7 Å². The Morgan fingerprint density at radius 1 is 1.86 bits per heavy atom. The summed E-state index contributed by atoms with van der Waals surface area (Å²) in [7, 11) is 0. The normalized spacial score (nSPS) is 20.6. The number of nitrogens with one attached hydrogen (secondary N) is 2. The fourth-order valence-electron chi connectivity index (χ4n) is 0.326. The second-order valence-corrected chi connectivity index (χ2v) is 1.62. The van der Waals surface area contributed by atoms with Gasteiger partial charge in [-0.05, 0) is 19.7 Å². The Balaban J connectivity index is 2.42. The SMILES string of the molecule is CC1=NNN(S)N1. The predicted octanol–water partition coefficient (Wildman–Crippen LogP) is -0.511. The molecule has 0 aromatic heterocycles. The summed E-state index contributed by atoms with van der Waals surface area (Å²) in [6.07, 6.45) is 0. The Morgan fingerprint density at radius 2 is 2.57 bits per heavy atom. The van der Waals surface area contributed by atoms with Gasteiger partial charge in [0, 0.05) is 0 Å². The third kappa shape index (κ3) is 0.971. The first-order valence-corrected chi connectivity index (χ1v) is 2.24. The van der Waals surface area contributed by atoms with Crippen LogP contribution in [-0.2, 0) is 0 Å². The molecule has 0 aliphatic carbocycles. The van der Waals surface area contributed by atoms with E-state index in [2.05, 4.69) is 28.9 Å². The van der Waals surface area contributed by atoms with Crippen LogP contribution in [0.2, 0.25) is 0 Å². The Hall–Kier alpha value is -0.420. The van der Waals surface area contributed by atoms with Crippen molar-refractivity contribution >= 4 is 18.7 Å². The zero-order valence-corrected chi connectivity index (χ0v) is 4.74. The highest BCUT2D eigenvalue weighted by molar-refractivity contribution is 7.77. The van der Waals surface area contributed by atoms with Crippen LogP contribution in [0.15, 0.2) is 5.10 Å². The quantitative estimate of drug-likeness (QED) is 0.375. The van der Waals surface area contributed by atoms with Crippen molar-refractivity contribution < 1.29 is 0 Å². The maximum absolute atomic E-state index is 3.85. The van der Waals surface area contributed by atoms with E-state index in [-0.39, 0.29) is 0 Å². The Morgan fingerprint density at radius 3 is 2.71 bits per heavy atom. The lowest BCUT2D eigenvalue weighted by Crippen LogP contribution is -2.31. The minimum Gasteiger partial charge on any atom is -0.276 e. The lowest BCUT2D eigenvalue weighted by molar-refractivity contribution is 0.366. The van der Waals surface area contributed by atoms with Gasteiger partial charge in [-0.25, -0.2) is 5.53 Å². The summed E-state index contributed by atoms with van der Waals surface area (Å²) in [6.45, 7) is 1.84. The summed E-state index contributed by atoms with van der Waals surface area (Å²) < 4.78 is 1.37. The van der Waals surface area contributed by atoms with Crippen LogP contribution in [0.1, 0.15) is 6.92 Å². The average Bonchev–Trinajstić information content (AvgIpc) is 1.87. The number of amidine groups is 1. The minimum atomic E-state index is 0.815. The third-order valence-electron chi connectivity index (χ3n) is 0.580. The molecule has 7 heavy (non-hydrogen) atoms. The van der Waals surface area contributed by atoms with E-state index in [1.165, 1.54) is 4.52 Å². The van der Waals surface area contributed by atoms with Gasteiger partial charge in [-0.3, -0.25) is 5.43 Å². The van der Waals surface area contributed by atoms with Gasteiger partial charge >= 0.3 is 0 Å². The first-order valence-electron chi connectivity index (χ1n) is 1.84. The van der Waals surface area contributed by atoms with Crippen molar-refractivity contribution in [3.8, 4) is 0 Å². The van der Waals surface area contributed by atoms with Crippen LogP contribution in [0.5, 0.6) is 0 Å². The summed E-state index contributed by atoms with van der Waals surface area (Å²) in [5.41, 5.74) is 5.30. The number of nitrogens with zero attached hydrogens (tertiary/aromatic N) is 2.